The fourth-order valence-corrected chi connectivity index (χ4v) is 3.33. The highest BCUT2D eigenvalue weighted by atomic mass is 16.2. The molecular weight excluding hydrogens is 290 g/mol. The third-order valence-electron chi connectivity index (χ3n) is 4.43. The van der Waals surface area contributed by atoms with Crippen molar-refractivity contribution >= 4 is 5.82 Å². The Morgan fingerprint density at radius 3 is 2.74 bits per heavy atom. The Morgan fingerprint density at radius 1 is 1.22 bits per heavy atom. The second-order valence-corrected chi connectivity index (χ2v) is 6.43. The van der Waals surface area contributed by atoms with Gasteiger partial charge in [0.25, 0.3) is 5.56 Å². The van der Waals surface area contributed by atoms with Crippen LogP contribution in [0.4, 0.5) is 5.82 Å². The largest absolute Gasteiger partial charge is 0.365 e. The lowest BCUT2D eigenvalue weighted by molar-refractivity contribution is 0.545. The first-order valence-electron chi connectivity index (χ1n) is 8.26. The first-order valence-corrected chi connectivity index (χ1v) is 8.26. The normalized spacial score (nSPS) is 17.6. The monoisotopic (exact) mass is 313 g/mol. The van der Waals surface area contributed by atoms with Gasteiger partial charge in [-0.15, -0.1) is 0 Å². The molecule has 23 heavy (non-hydrogen) atoms. The molecule has 1 aromatic carbocycles. The summed E-state index contributed by atoms with van der Waals surface area (Å²) in [6, 6.07) is 9.85. The molecule has 2 N–H and O–H groups in total. The third kappa shape index (κ3) is 3.23. The zero-order valence-electron chi connectivity index (χ0n) is 13.6. The van der Waals surface area contributed by atoms with Gasteiger partial charge in [-0.3, -0.25) is 14.3 Å². The zero-order valence-corrected chi connectivity index (χ0v) is 13.6. The molecule has 0 aliphatic heterocycles. The van der Waals surface area contributed by atoms with Crippen LogP contribution in [-0.2, 0) is 6.42 Å². The lowest BCUT2D eigenvalue weighted by Gasteiger charge is -2.20. The first-order chi connectivity index (χ1) is 11.1. The molecule has 1 unspecified atom stereocenters. The van der Waals surface area contributed by atoms with Gasteiger partial charge >= 0.3 is 5.69 Å². The van der Waals surface area contributed by atoms with E-state index in [1.165, 1.54) is 28.2 Å². The fourth-order valence-electron chi connectivity index (χ4n) is 3.33. The van der Waals surface area contributed by atoms with E-state index in [0.29, 0.717) is 5.82 Å². The molecule has 0 saturated heterocycles. The minimum absolute atomic E-state index is 0.124. The Bertz CT molecular complexity index is 773. The van der Waals surface area contributed by atoms with Gasteiger partial charge in [0.1, 0.15) is 5.82 Å². The van der Waals surface area contributed by atoms with Crippen molar-refractivity contribution in [3.8, 4) is 0 Å². The van der Waals surface area contributed by atoms with Crippen LogP contribution in [0, 0.1) is 0 Å². The van der Waals surface area contributed by atoms with E-state index in [2.05, 4.69) is 28.5 Å². The molecule has 1 aliphatic carbocycles. The number of hydrogen-bond acceptors (Lipinski definition) is 3. The number of H-pyrrole nitrogens is 1. The molecule has 5 heteroatoms. The summed E-state index contributed by atoms with van der Waals surface area (Å²) >= 11 is 0. The van der Waals surface area contributed by atoms with E-state index < -0.39 is 0 Å². The summed E-state index contributed by atoms with van der Waals surface area (Å²) in [6.07, 6.45) is 4.37. The fraction of sp³-hybridized carbons (Fsp3) is 0.444. The maximum atomic E-state index is 12.2. The van der Waals surface area contributed by atoms with Crippen molar-refractivity contribution in [3.05, 3.63) is 62.3 Å². The summed E-state index contributed by atoms with van der Waals surface area (Å²) in [5.41, 5.74) is 1.98. The van der Waals surface area contributed by atoms with Gasteiger partial charge < -0.3 is 5.32 Å². The highest BCUT2D eigenvalue weighted by Crippen LogP contribution is 2.30. The van der Waals surface area contributed by atoms with Gasteiger partial charge in [-0.1, -0.05) is 30.7 Å². The standard InChI is InChI=1S/C18H23N3O2/c1-12(2)21-17(22)11-16(20-18(21)23)19-15-10-6-4-8-13-7-3-5-9-14(13)15/h3,5,7,9,11-12,15,19H,4,6,8,10H2,1-2H3,(H,20,23). The molecule has 1 heterocycles. The van der Waals surface area contributed by atoms with E-state index in [1.807, 2.05) is 19.9 Å². The number of aromatic amines is 1. The van der Waals surface area contributed by atoms with Gasteiger partial charge in [-0.25, -0.2) is 4.79 Å². The summed E-state index contributed by atoms with van der Waals surface area (Å²) in [5.74, 6) is 0.499. The Morgan fingerprint density at radius 2 is 2.00 bits per heavy atom. The predicted molar refractivity (Wildman–Crippen MR) is 92.1 cm³/mol. The second-order valence-electron chi connectivity index (χ2n) is 6.43. The average Bonchev–Trinajstić information content (AvgIpc) is 2.69. The molecule has 0 amide bonds. The van der Waals surface area contributed by atoms with Crippen LogP contribution >= 0.6 is 0 Å². The average molecular weight is 313 g/mol. The van der Waals surface area contributed by atoms with Crippen LogP contribution in [-0.4, -0.2) is 9.55 Å². The van der Waals surface area contributed by atoms with Crippen LogP contribution in [0.1, 0.15) is 56.3 Å². The van der Waals surface area contributed by atoms with Gasteiger partial charge in [-0.05, 0) is 44.2 Å². The van der Waals surface area contributed by atoms with Crippen molar-refractivity contribution in [3.63, 3.8) is 0 Å². The van der Waals surface area contributed by atoms with Gasteiger partial charge in [0.15, 0.2) is 0 Å². The number of aromatic nitrogens is 2. The van der Waals surface area contributed by atoms with E-state index in [4.69, 9.17) is 0 Å². The lowest BCUT2D eigenvalue weighted by atomic mass is 9.99. The molecule has 0 radical (unpaired) electrons. The summed E-state index contributed by atoms with van der Waals surface area (Å²) in [7, 11) is 0. The molecule has 3 rings (SSSR count). The molecule has 5 nitrogen and oxygen atoms in total. The number of fused-ring (bicyclic) bond motifs is 1. The molecule has 122 valence electrons. The Labute approximate surface area is 135 Å². The molecule has 1 aliphatic rings. The topological polar surface area (TPSA) is 66.9 Å². The van der Waals surface area contributed by atoms with E-state index in [9.17, 15) is 9.59 Å². The van der Waals surface area contributed by atoms with Crippen LogP contribution in [0.3, 0.4) is 0 Å². The van der Waals surface area contributed by atoms with E-state index >= 15 is 0 Å². The van der Waals surface area contributed by atoms with Crippen molar-refractivity contribution < 1.29 is 0 Å². The number of rotatable bonds is 3. The molecule has 0 spiro atoms. The Hall–Kier alpha value is -2.30. The summed E-state index contributed by atoms with van der Waals surface area (Å²) < 4.78 is 1.23. The number of nitrogens with zero attached hydrogens (tertiary/aromatic N) is 1. The van der Waals surface area contributed by atoms with Crippen molar-refractivity contribution in [1.82, 2.24) is 9.55 Å². The summed E-state index contributed by atoms with van der Waals surface area (Å²) in [4.78, 5) is 27.1. The number of benzene rings is 1. The zero-order chi connectivity index (χ0) is 16.4. The van der Waals surface area contributed by atoms with E-state index in [-0.39, 0.29) is 23.3 Å². The highest BCUT2D eigenvalue weighted by Gasteiger charge is 2.19. The molecule has 0 saturated carbocycles. The Balaban J connectivity index is 1.94. The van der Waals surface area contributed by atoms with Crippen LogP contribution in [0.2, 0.25) is 0 Å². The predicted octanol–water partition coefficient (Wildman–Crippen LogP) is 3.00. The number of anilines is 1. The van der Waals surface area contributed by atoms with Gasteiger partial charge in [0, 0.05) is 12.1 Å². The molecule has 0 fully saturated rings. The van der Waals surface area contributed by atoms with Crippen molar-refractivity contribution in [2.75, 3.05) is 5.32 Å². The van der Waals surface area contributed by atoms with Crippen LogP contribution < -0.4 is 16.6 Å². The quantitative estimate of drug-likeness (QED) is 0.856. The Kier molecular flexibility index (Phi) is 4.37. The van der Waals surface area contributed by atoms with Gasteiger partial charge in [0.2, 0.25) is 0 Å². The smallest absolute Gasteiger partial charge is 0.330 e. The first kappa shape index (κ1) is 15.6. The van der Waals surface area contributed by atoms with Crippen molar-refractivity contribution in [2.24, 2.45) is 0 Å². The maximum absolute atomic E-state index is 12.2. The summed E-state index contributed by atoms with van der Waals surface area (Å²) in [5, 5.41) is 3.36. The summed E-state index contributed by atoms with van der Waals surface area (Å²) in [6.45, 7) is 3.65. The van der Waals surface area contributed by atoms with Gasteiger partial charge in [-0.2, -0.15) is 0 Å². The highest BCUT2D eigenvalue weighted by molar-refractivity contribution is 5.40. The number of aryl methyl sites for hydroxylation is 1. The van der Waals surface area contributed by atoms with Crippen LogP contribution in [0.15, 0.2) is 39.9 Å². The van der Waals surface area contributed by atoms with Crippen molar-refractivity contribution in [1.29, 1.82) is 0 Å². The second kappa shape index (κ2) is 6.44. The van der Waals surface area contributed by atoms with Crippen molar-refractivity contribution in [2.45, 2.75) is 51.6 Å². The third-order valence-corrected chi connectivity index (χ3v) is 4.43. The lowest BCUT2D eigenvalue weighted by Crippen LogP contribution is -2.36. The minimum Gasteiger partial charge on any atom is -0.365 e. The van der Waals surface area contributed by atoms with Crippen LogP contribution in [0.5, 0.6) is 0 Å². The molecule has 2 aromatic rings. The van der Waals surface area contributed by atoms with E-state index in [1.54, 1.807) is 0 Å². The number of hydrogen-bond donors (Lipinski definition) is 2. The molecule has 0 bridgehead atoms. The van der Waals surface area contributed by atoms with Crippen LogP contribution in [0.25, 0.3) is 0 Å². The molecular formula is C18H23N3O2. The maximum Gasteiger partial charge on any atom is 0.330 e. The minimum atomic E-state index is -0.364. The van der Waals surface area contributed by atoms with Gasteiger partial charge in [0.05, 0.1) is 6.04 Å². The molecule has 1 atom stereocenters. The molecule has 1 aromatic heterocycles. The van der Waals surface area contributed by atoms with E-state index in [0.717, 1.165) is 19.3 Å². The number of nitrogens with one attached hydrogen (secondary N) is 2. The SMILES string of the molecule is CC(C)n1c(=O)cc(NC2CCCCc3ccccc32)[nH]c1=O.